The number of piperidine rings is 1. The summed E-state index contributed by atoms with van der Waals surface area (Å²) < 4.78 is 8.17. The van der Waals surface area contributed by atoms with E-state index in [1.807, 2.05) is 43.4 Å². The van der Waals surface area contributed by atoms with Crippen LogP contribution < -0.4 is 4.74 Å². The number of aromatic nitrogens is 1. The zero-order chi connectivity index (χ0) is 19.5. The summed E-state index contributed by atoms with van der Waals surface area (Å²) in [4.78, 5) is 2.37. The molecule has 4 rings (SSSR count). The van der Waals surface area contributed by atoms with Gasteiger partial charge in [-0.2, -0.15) is 0 Å². The van der Waals surface area contributed by atoms with E-state index in [4.69, 9.17) is 16.3 Å². The molecule has 0 bridgehead atoms. The number of benzene rings is 2. The van der Waals surface area contributed by atoms with Crippen molar-refractivity contribution in [3.8, 4) is 5.75 Å². The van der Waals surface area contributed by atoms with Gasteiger partial charge in [0.2, 0.25) is 0 Å². The molecule has 1 fully saturated rings. The van der Waals surface area contributed by atoms with Gasteiger partial charge in [-0.3, -0.25) is 0 Å². The lowest BCUT2D eigenvalue weighted by molar-refractivity contribution is 0.101. The molecular formula is C23H27ClN2O2. The topological polar surface area (TPSA) is 37.6 Å². The van der Waals surface area contributed by atoms with E-state index in [1.54, 1.807) is 0 Å². The van der Waals surface area contributed by atoms with Crippen LogP contribution in [0.1, 0.15) is 36.6 Å². The first-order valence-electron chi connectivity index (χ1n) is 9.98. The Bertz CT molecular complexity index is 930. The highest BCUT2D eigenvalue weighted by Crippen LogP contribution is 2.32. The summed E-state index contributed by atoms with van der Waals surface area (Å²) in [5.74, 6) is 0.770. The molecule has 4 nitrogen and oxygen atoms in total. The van der Waals surface area contributed by atoms with Gasteiger partial charge >= 0.3 is 0 Å². The molecule has 0 amide bonds. The van der Waals surface area contributed by atoms with Crippen molar-refractivity contribution in [2.75, 3.05) is 19.6 Å². The SMILES string of the molecule is Cn1c(COc2ccc(Cl)cc2)c(C(O)CN2CCCCC2)c2ccccc21. The van der Waals surface area contributed by atoms with Crippen LogP contribution in [0.2, 0.25) is 5.02 Å². The van der Waals surface area contributed by atoms with Crippen molar-refractivity contribution < 1.29 is 9.84 Å². The number of rotatable bonds is 6. The van der Waals surface area contributed by atoms with Gasteiger partial charge < -0.3 is 19.3 Å². The zero-order valence-electron chi connectivity index (χ0n) is 16.3. The molecule has 148 valence electrons. The van der Waals surface area contributed by atoms with E-state index < -0.39 is 6.10 Å². The number of likely N-dealkylation sites (tertiary alicyclic amines) is 1. The molecule has 1 N–H and O–H groups in total. The van der Waals surface area contributed by atoms with E-state index in [1.165, 1.54) is 19.3 Å². The van der Waals surface area contributed by atoms with Gasteiger partial charge in [0.25, 0.3) is 0 Å². The molecule has 0 aliphatic carbocycles. The lowest BCUT2D eigenvalue weighted by Crippen LogP contribution is -2.33. The molecule has 2 heterocycles. The maximum Gasteiger partial charge on any atom is 0.129 e. The van der Waals surface area contributed by atoms with E-state index in [0.717, 1.165) is 41.0 Å². The third kappa shape index (κ3) is 4.04. The van der Waals surface area contributed by atoms with Gasteiger partial charge in [-0.05, 0) is 56.3 Å². The zero-order valence-corrected chi connectivity index (χ0v) is 17.0. The average Bonchev–Trinajstić information content (AvgIpc) is 3.00. The average molecular weight is 399 g/mol. The summed E-state index contributed by atoms with van der Waals surface area (Å²) in [6, 6.07) is 15.6. The summed E-state index contributed by atoms with van der Waals surface area (Å²) in [5, 5.41) is 13.0. The second-order valence-corrected chi connectivity index (χ2v) is 7.99. The van der Waals surface area contributed by atoms with Crippen LogP contribution in [0.15, 0.2) is 48.5 Å². The Morgan fingerprint density at radius 3 is 2.50 bits per heavy atom. The molecule has 3 aromatic rings. The number of ether oxygens (including phenoxy) is 1. The van der Waals surface area contributed by atoms with Crippen LogP contribution in [0.5, 0.6) is 5.75 Å². The maximum atomic E-state index is 11.2. The van der Waals surface area contributed by atoms with Crippen molar-refractivity contribution in [2.24, 2.45) is 7.05 Å². The largest absolute Gasteiger partial charge is 0.487 e. The molecule has 0 spiro atoms. The number of aryl methyl sites for hydroxylation is 1. The summed E-state index contributed by atoms with van der Waals surface area (Å²) in [7, 11) is 2.04. The van der Waals surface area contributed by atoms with Crippen molar-refractivity contribution in [2.45, 2.75) is 32.0 Å². The van der Waals surface area contributed by atoms with Crippen molar-refractivity contribution in [3.05, 3.63) is 64.8 Å². The van der Waals surface area contributed by atoms with Crippen LogP contribution in [0.25, 0.3) is 10.9 Å². The fourth-order valence-electron chi connectivity index (χ4n) is 4.18. The van der Waals surface area contributed by atoms with Crippen molar-refractivity contribution in [1.29, 1.82) is 0 Å². The van der Waals surface area contributed by atoms with Crippen LogP contribution >= 0.6 is 11.6 Å². The Morgan fingerprint density at radius 2 is 1.75 bits per heavy atom. The molecular weight excluding hydrogens is 372 g/mol. The number of β-amino-alcohol motifs (C(OH)–C–C–N with tert-alkyl or cyclic N) is 1. The monoisotopic (exact) mass is 398 g/mol. The molecule has 0 saturated carbocycles. The fraction of sp³-hybridized carbons (Fsp3) is 0.391. The number of hydrogen-bond acceptors (Lipinski definition) is 3. The second-order valence-electron chi connectivity index (χ2n) is 7.56. The van der Waals surface area contributed by atoms with Crippen molar-refractivity contribution in [1.82, 2.24) is 9.47 Å². The van der Waals surface area contributed by atoms with Crippen molar-refractivity contribution in [3.63, 3.8) is 0 Å². The number of aliphatic hydroxyl groups is 1. The molecule has 5 heteroatoms. The lowest BCUT2D eigenvalue weighted by Gasteiger charge is -2.28. The minimum Gasteiger partial charge on any atom is -0.487 e. The van der Waals surface area contributed by atoms with E-state index in [2.05, 4.69) is 21.6 Å². The summed E-state index contributed by atoms with van der Waals surface area (Å²) in [6.45, 7) is 3.21. The number of aliphatic hydroxyl groups excluding tert-OH is 1. The lowest BCUT2D eigenvalue weighted by atomic mass is 10.0. The molecule has 1 aliphatic rings. The molecule has 1 unspecified atom stereocenters. The van der Waals surface area contributed by atoms with Gasteiger partial charge in [-0.1, -0.05) is 36.2 Å². The van der Waals surface area contributed by atoms with Crippen molar-refractivity contribution >= 4 is 22.5 Å². The fourth-order valence-corrected chi connectivity index (χ4v) is 4.31. The van der Waals surface area contributed by atoms with Crippen LogP contribution in [0.4, 0.5) is 0 Å². The van der Waals surface area contributed by atoms with Gasteiger partial charge in [-0.15, -0.1) is 0 Å². The van der Waals surface area contributed by atoms with Crippen LogP contribution in [-0.2, 0) is 13.7 Å². The van der Waals surface area contributed by atoms with E-state index in [9.17, 15) is 5.11 Å². The minimum atomic E-state index is -0.534. The Balaban J connectivity index is 1.63. The number of halogens is 1. The smallest absolute Gasteiger partial charge is 0.129 e. The van der Waals surface area contributed by atoms with E-state index in [0.29, 0.717) is 18.2 Å². The highest BCUT2D eigenvalue weighted by molar-refractivity contribution is 6.30. The van der Waals surface area contributed by atoms with Gasteiger partial charge in [0, 0.05) is 35.1 Å². The summed E-state index contributed by atoms with van der Waals surface area (Å²) >= 11 is 5.97. The standard InChI is InChI=1S/C23H27ClN2O2/c1-25-20-8-4-3-7-19(20)23(22(27)15-26-13-5-2-6-14-26)21(25)16-28-18-11-9-17(24)10-12-18/h3-4,7-12,22,27H,2,5-6,13-16H2,1H3. The number of fused-ring (bicyclic) bond motifs is 1. The number of nitrogens with zero attached hydrogens (tertiary/aromatic N) is 2. The first-order valence-corrected chi connectivity index (χ1v) is 10.4. The summed E-state index contributed by atoms with van der Waals surface area (Å²) in [6.07, 6.45) is 3.19. The third-order valence-electron chi connectivity index (χ3n) is 5.67. The summed E-state index contributed by atoms with van der Waals surface area (Å²) in [5.41, 5.74) is 3.11. The Labute approximate surface area is 171 Å². The Kier molecular flexibility index (Phi) is 5.90. The first kappa shape index (κ1) is 19.3. The van der Waals surface area contributed by atoms with Crippen LogP contribution in [0.3, 0.4) is 0 Å². The minimum absolute atomic E-state index is 0.402. The Hall–Kier alpha value is -2.01. The van der Waals surface area contributed by atoms with Gasteiger partial charge in [0.1, 0.15) is 12.4 Å². The van der Waals surface area contributed by atoms with E-state index in [-0.39, 0.29) is 0 Å². The Morgan fingerprint density at radius 1 is 1.04 bits per heavy atom. The maximum absolute atomic E-state index is 11.2. The van der Waals surface area contributed by atoms with Gasteiger partial charge in [0.15, 0.2) is 0 Å². The van der Waals surface area contributed by atoms with E-state index >= 15 is 0 Å². The normalized spacial score (nSPS) is 16.4. The molecule has 28 heavy (non-hydrogen) atoms. The van der Waals surface area contributed by atoms with Gasteiger partial charge in [-0.25, -0.2) is 0 Å². The molecule has 0 radical (unpaired) electrons. The third-order valence-corrected chi connectivity index (χ3v) is 5.93. The number of para-hydroxylation sites is 1. The predicted molar refractivity (Wildman–Crippen MR) is 114 cm³/mol. The molecule has 2 aromatic carbocycles. The highest BCUT2D eigenvalue weighted by atomic mass is 35.5. The molecule has 1 aliphatic heterocycles. The van der Waals surface area contributed by atoms with Crippen LogP contribution in [0, 0.1) is 0 Å². The molecule has 1 aromatic heterocycles. The molecule has 1 atom stereocenters. The quantitative estimate of drug-likeness (QED) is 0.639. The van der Waals surface area contributed by atoms with Crippen LogP contribution in [-0.4, -0.2) is 34.2 Å². The highest BCUT2D eigenvalue weighted by Gasteiger charge is 2.24. The molecule has 1 saturated heterocycles. The second kappa shape index (κ2) is 8.56. The predicted octanol–water partition coefficient (Wildman–Crippen LogP) is 4.93. The number of hydrogen-bond donors (Lipinski definition) is 1. The first-order chi connectivity index (χ1) is 13.6. The van der Waals surface area contributed by atoms with Gasteiger partial charge in [0.05, 0.1) is 11.8 Å².